The Balaban J connectivity index is 2.41. The number of hydrogen-bond acceptors (Lipinski definition) is 15. The molecule has 0 bridgehead atoms. The van der Waals surface area contributed by atoms with Crippen molar-refractivity contribution >= 4 is 71.1 Å². The number of unbranched alkanes of at least 4 members (excludes halogenated alkanes) is 1. The van der Waals surface area contributed by atoms with Crippen molar-refractivity contribution in [2.45, 2.75) is 193 Å². The Morgan fingerprint density at radius 2 is 1.02 bits per heavy atom. The van der Waals surface area contributed by atoms with Gasteiger partial charge in [-0.1, -0.05) is 92.1 Å². The fourth-order valence-electron chi connectivity index (χ4n) is 8.89. The topological polar surface area (TPSA) is 459 Å². The second kappa shape index (κ2) is 36.2. The lowest BCUT2D eigenvalue weighted by Crippen LogP contribution is -2.63. The SMILES string of the molecule is CC[C@H](C)[C@H](NC(=O)[C@H](Cc1ccccc1)NC(=O)[C@H](CCCN=C(N)N)NC(=O)[C@@H](NC(=O)[C@H](CCCCN)NC(=O)[C@@H](NC(=O)[C@@H](NC(=O)[C@H](CC(=O)O)NC(=O)[C@@H](NC(=O)[C@@H]1CCCN1)C(C)C)C(C)C)C(C)C)[C@@H](C)O)C(=O)O. The lowest BCUT2D eigenvalue weighted by Gasteiger charge is -2.30. The van der Waals surface area contributed by atoms with Crippen LogP contribution in [0.25, 0.3) is 0 Å². The van der Waals surface area contributed by atoms with Crippen molar-refractivity contribution in [2.24, 2.45) is 45.9 Å². The van der Waals surface area contributed by atoms with Crippen molar-refractivity contribution in [3.63, 3.8) is 0 Å². The molecule has 466 valence electrons. The second-order valence-electron chi connectivity index (χ2n) is 22.0. The Kier molecular flexibility index (Phi) is 31.2. The van der Waals surface area contributed by atoms with Crippen LogP contribution >= 0.6 is 0 Å². The van der Waals surface area contributed by atoms with Gasteiger partial charge in [0.25, 0.3) is 0 Å². The Bertz CT molecular complexity index is 2360. The first-order valence-electron chi connectivity index (χ1n) is 28.4. The molecule has 0 aliphatic carbocycles. The Hall–Kier alpha value is -7.46. The Morgan fingerprint density at radius 1 is 0.578 bits per heavy atom. The smallest absolute Gasteiger partial charge is 0.326 e. The summed E-state index contributed by atoms with van der Waals surface area (Å²) in [6.45, 7) is 15.1. The zero-order valence-corrected chi connectivity index (χ0v) is 49.3. The number of nitrogens with two attached hydrogens (primary N) is 3. The first-order valence-corrected chi connectivity index (χ1v) is 28.4. The number of rotatable bonds is 37. The summed E-state index contributed by atoms with van der Waals surface area (Å²) in [7, 11) is 0. The van der Waals surface area contributed by atoms with E-state index in [0.29, 0.717) is 31.4 Å². The van der Waals surface area contributed by atoms with E-state index in [1.807, 2.05) is 0 Å². The molecule has 1 aliphatic heterocycles. The molecule has 1 aliphatic rings. The van der Waals surface area contributed by atoms with E-state index < -0.39 is 162 Å². The number of aliphatic hydroxyl groups is 1. The van der Waals surface area contributed by atoms with E-state index >= 15 is 0 Å². The molecule has 0 aromatic heterocycles. The fourth-order valence-corrected chi connectivity index (χ4v) is 8.89. The highest BCUT2D eigenvalue weighted by atomic mass is 16.4. The summed E-state index contributed by atoms with van der Waals surface area (Å²) in [5, 5.41) is 56.7. The molecule has 2 rings (SSSR count). The number of aliphatic carboxylic acids is 2. The van der Waals surface area contributed by atoms with Gasteiger partial charge in [0.1, 0.15) is 54.4 Å². The molecule has 28 heteroatoms. The summed E-state index contributed by atoms with van der Waals surface area (Å²) in [4.78, 5) is 153. The summed E-state index contributed by atoms with van der Waals surface area (Å²) in [6.07, 6.45) is -0.312. The molecule has 0 radical (unpaired) electrons. The minimum atomic E-state index is -1.77. The standard InChI is InChI=1S/C55H92N14O14/c1-10-31(8)43(54(82)83)68-48(76)37(26-33-18-12-11-13-19-33)63-46(74)36(22-17-25-60-55(57)58)62-53(81)44(32(9)70)69-47(75)35(20-14-15-23-56)61-50(78)41(29(4)5)67-52(80)42(30(6)7)66-49(77)38(27-39(71)72)64-51(79)40(28(2)3)65-45(73)34-21-16-24-59-34/h11-13,18-19,28-32,34-38,40-44,59,70H,10,14-17,20-27,56H2,1-9H3,(H,61,78)(H,62,81)(H,63,74)(H,64,79)(H,65,73)(H,66,77)(H,67,80)(H,68,76)(H,69,75)(H,71,72)(H,82,83)(H4,57,58,60)/t31-,32+,34-,35-,36-,37-,38-,40-,41-,42-,43-,44-/m0/s1. The monoisotopic (exact) mass is 1170 g/mol. The maximum atomic E-state index is 14.2. The molecular weight excluding hydrogens is 1080 g/mol. The van der Waals surface area contributed by atoms with Crippen molar-refractivity contribution in [1.82, 2.24) is 53.2 Å². The van der Waals surface area contributed by atoms with E-state index in [0.717, 1.165) is 6.42 Å². The third-order valence-electron chi connectivity index (χ3n) is 14.0. The number of benzene rings is 1. The molecule has 1 saturated heterocycles. The molecule has 19 N–H and O–H groups in total. The van der Waals surface area contributed by atoms with Gasteiger partial charge >= 0.3 is 11.9 Å². The van der Waals surface area contributed by atoms with E-state index in [1.54, 1.807) is 85.7 Å². The number of nitrogens with zero attached hydrogens (tertiary/aromatic N) is 1. The minimum Gasteiger partial charge on any atom is -0.481 e. The van der Waals surface area contributed by atoms with Crippen LogP contribution in [0.15, 0.2) is 35.3 Å². The third-order valence-corrected chi connectivity index (χ3v) is 14.0. The van der Waals surface area contributed by atoms with E-state index in [4.69, 9.17) is 17.2 Å². The number of guanidine groups is 1. The molecule has 1 fully saturated rings. The maximum Gasteiger partial charge on any atom is 0.326 e. The average molecular weight is 1170 g/mol. The second-order valence-corrected chi connectivity index (χ2v) is 22.0. The lowest BCUT2D eigenvalue weighted by molar-refractivity contribution is -0.144. The Labute approximate surface area is 485 Å². The molecule has 28 nitrogen and oxygen atoms in total. The van der Waals surface area contributed by atoms with Gasteiger partial charge in [-0.3, -0.25) is 52.9 Å². The van der Waals surface area contributed by atoms with Crippen molar-refractivity contribution < 1.29 is 68.1 Å². The number of carboxylic acids is 2. The van der Waals surface area contributed by atoms with Crippen molar-refractivity contribution in [1.29, 1.82) is 0 Å². The van der Waals surface area contributed by atoms with E-state index in [2.05, 4.69) is 58.2 Å². The van der Waals surface area contributed by atoms with Crippen LogP contribution in [-0.4, -0.2) is 173 Å². The number of carbonyl (C=O) groups excluding carboxylic acids is 9. The summed E-state index contributed by atoms with van der Waals surface area (Å²) in [5.74, 6) is -13.1. The highest BCUT2D eigenvalue weighted by Gasteiger charge is 2.39. The number of aliphatic hydroxyl groups excluding tert-OH is 1. The third kappa shape index (κ3) is 24.9. The van der Waals surface area contributed by atoms with E-state index in [1.165, 1.54) is 6.92 Å². The van der Waals surface area contributed by atoms with Crippen LogP contribution in [0.5, 0.6) is 0 Å². The average Bonchev–Trinajstić information content (AvgIpc) is 4.01. The first kappa shape index (κ1) is 71.6. The summed E-state index contributed by atoms with van der Waals surface area (Å²) in [6, 6.07) is -4.90. The number of carbonyl (C=O) groups is 11. The molecule has 1 aromatic carbocycles. The van der Waals surface area contributed by atoms with Gasteiger partial charge < -0.3 is 85.7 Å². The van der Waals surface area contributed by atoms with E-state index in [-0.39, 0.29) is 51.2 Å². The first-order chi connectivity index (χ1) is 39.0. The molecule has 1 aromatic rings. The van der Waals surface area contributed by atoms with Crippen molar-refractivity contribution in [3.05, 3.63) is 35.9 Å². The summed E-state index contributed by atoms with van der Waals surface area (Å²) >= 11 is 0. The zero-order valence-electron chi connectivity index (χ0n) is 49.3. The van der Waals surface area contributed by atoms with Gasteiger partial charge in [-0.25, -0.2) is 4.79 Å². The quantitative estimate of drug-likeness (QED) is 0.0186. The van der Waals surface area contributed by atoms with Gasteiger partial charge in [0.15, 0.2) is 5.96 Å². The molecule has 83 heavy (non-hydrogen) atoms. The number of aliphatic imine (C=N–C) groups is 1. The van der Waals surface area contributed by atoms with Gasteiger partial charge in [-0.05, 0) is 94.2 Å². The highest BCUT2D eigenvalue weighted by Crippen LogP contribution is 2.15. The summed E-state index contributed by atoms with van der Waals surface area (Å²) in [5.41, 5.74) is 17.4. The van der Waals surface area contributed by atoms with Crippen LogP contribution < -0.4 is 70.4 Å². The number of carboxylic acid groups (broad SMARTS) is 2. The number of hydrogen-bond donors (Lipinski definition) is 16. The predicted octanol–water partition coefficient (Wildman–Crippen LogP) is -2.52. The zero-order chi connectivity index (χ0) is 62.7. The van der Waals surface area contributed by atoms with Gasteiger partial charge in [0, 0.05) is 13.0 Å². The maximum absolute atomic E-state index is 14.2. The van der Waals surface area contributed by atoms with E-state index in [9.17, 15) is 68.1 Å². The normalized spacial score (nSPS) is 17.1. The van der Waals surface area contributed by atoms with Crippen LogP contribution in [0, 0.1) is 23.7 Å². The highest BCUT2D eigenvalue weighted by molar-refractivity contribution is 5.99. The molecule has 9 amide bonds. The van der Waals surface area contributed by atoms with Crippen LogP contribution in [0.2, 0.25) is 0 Å². The van der Waals surface area contributed by atoms with Crippen molar-refractivity contribution in [2.75, 3.05) is 19.6 Å². The molecule has 1 heterocycles. The number of amides is 9. The van der Waals surface area contributed by atoms with Crippen LogP contribution in [0.4, 0.5) is 0 Å². The molecule has 0 spiro atoms. The molecule has 0 unspecified atom stereocenters. The Morgan fingerprint density at radius 3 is 1.51 bits per heavy atom. The minimum absolute atomic E-state index is 0.00394. The fraction of sp³-hybridized carbons (Fsp3) is 0.673. The largest absolute Gasteiger partial charge is 0.481 e. The lowest BCUT2D eigenvalue weighted by atomic mass is 9.98. The van der Waals surface area contributed by atoms with Crippen LogP contribution in [-0.2, 0) is 59.2 Å². The van der Waals surface area contributed by atoms with Gasteiger partial charge in [-0.15, -0.1) is 0 Å². The molecular formula is C55H92N14O14. The van der Waals surface area contributed by atoms with Gasteiger partial charge in [-0.2, -0.15) is 0 Å². The van der Waals surface area contributed by atoms with Crippen molar-refractivity contribution in [3.8, 4) is 0 Å². The van der Waals surface area contributed by atoms with Crippen LogP contribution in [0.3, 0.4) is 0 Å². The predicted molar refractivity (Wildman–Crippen MR) is 307 cm³/mol. The molecule has 0 saturated carbocycles. The molecule has 12 atom stereocenters. The van der Waals surface area contributed by atoms with Crippen LogP contribution in [0.1, 0.15) is 126 Å². The number of nitrogens with one attached hydrogen (secondary N) is 10. The van der Waals surface area contributed by atoms with Gasteiger partial charge in [0.2, 0.25) is 53.2 Å². The summed E-state index contributed by atoms with van der Waals surface area (Å²) < 4.78 is 0. The van der Waals surface area contributed by atoms with Gasteiger partial charge in [0.05, 0.1) is 18.6 Å².